The van der Waals surface area contributed by atoms with Crippen LogP contribution in [0.2, 0.25) is 0 Å². The van der Waals surface area contributed by atoms with Crippen LogP contribution in [0.4, 0.5) is 11.4 Å². The Morgan fingerprint density at radius 1 is 0.774 bits per heavy atom. The molecule has 0 spiro atoms. The molecule has 2 aliphatic rings. The van der Waals surface area contributed by atoms with Crippen LogP contribution in [0.5, 0.6) is 0 Å². The van der Waals surface area contributed by atoms with Gasteiger partial charge in [0.25, 0.3) is 0 Å². The van der Waals surface area contributed by atoms with Crippen LogP contribution in [-0.2, 0) is 28.1 Å². The summed E-state index contributed by atoms with van der Waals surface area (Å²) in [6.45, 7) is 10.6. The molecule has 0 saturated carbocycles. The zero-order valence-corrected chi connectivity index (χ0v) is 33.0. The number of benzene rings is 5. The molecule has 0 radical (unpaired) electrons. The Balaban J connectivity index is 0.00000435. The summed E-state index contributed by atoms with van der Waals surface area (Å²) in [6, 6.07) is 46.1. The Bertz CT molecular complexity index is 2320. The van der Waals surface area contributed by atoms with E-state index >= 15 is 0 Å². The third kappa shape index (κ3) is 7.13. The molecule has 5 aromatic carbocycles. The van der Waals surface area contributed by atoms with Gasteiger partial charge in [-0.3, -0.25) is 4.98 Å². The summed E-state index contributed by atoms with van der Waals surface area (Å²) in [5, 5.41) is 6.83. The second kappa shape index (κ2) is 15.4. The molecule has 0 N–H and O–H groups in total. The molecule has 8 rings (SSSR count). The Hall–Kier alpha value is -5.19. The van der Waals surface area contributed by atoms with Gasteiger partial charge in [0.05, 0.1) is 23.0 Å². The second-order valence-electron chi connectivity index (χ2n) is 13.8. The molecule has 2 heterocycles. The van der Waals surface area contributed by atoms with Crippen molar-refractivity contribution in [1.82, 2.24) is 9.55 Å². The van der Waals surface area contributed by atoms with E-state index in [2.05, 4.69) is 165 Å². The van der Waals surface area contributed by atoms with Crippen LogP contribution in [0.15, 0.2) is 139 Å². The zero-order chi connectivity index (χ0) is 35.8. The van der Waals surface area contributed by atoms with Crippen molar-refractivity contribution in [2.24, 2.45) is 12.1 Å². The maximum Gasteiger partial charge on any atom is 0.198 e. The minimum absolute atomic E-state index is 0. The summed E-state index contributed by atoms with van der Waals surface area (Å²) >= 11 is 0. The third-order valence-corrected chi connectivity index (χ3v) is 10.1. The number of imidazole rings is 1. The molecule has 1 aromatic heterocycles. The number of amidine groups is 1. The van der Waals surface area contributed by atoms with Crippen molar-refractivity contribution >= 4 is 40.3 Å². The fourth-order valence-corrected chi connectivity index (χ4v) is 7.81. The summed E-state index contributed by atoms with van der Waals surface area (Å²) in [6.07, 6.45) is 9.68. The SMILES string of the molecule is CC1=NN(c2[c-]c(B(c3[c-]c(-c4nc([C@@H]5C=CC=CC5)c(-c5ccccc5)n4C)ccc3)c3c(C)cc(C)cc3C)ccc2)[CH-]N1c1ccccc1.[Pt]. The van der Waals surface area contributed by atoms with E-state index in [-0.39, 0.29) is 33.7 Å². The van der Waals surface area contributed by atoms with Gasteiger partial charge in [0.1, 0.15) is 0 Å². The van der Waals surface area contributed by atoms with E-state index in [0.717, 1.165) is 62.9 Å². The fraction of sp³-hybridized carbons (Fsp3) is 0.152. The van der Waals surface area contributed by atoms with Gasteiger partial charge in [-0.2, -0.15) is 34.2 Å². The number of anilines is 2. The summed E-state index contributed by atoms with van der Waals surface area (Å²) < 4.78 is 2.25. The van der Waals surface area contributed by atoms with Gasteiger partial charge in [0.2, 0.25) is 0 Å². The molecule has 0 unspecified atom stereocenters. The molecule has 0 amide bonds. The van der Waals surface area contributed by atoms with Gasteiger partial charge in [-0.25, -0.2) is 0 Å². The third-order valence-electron chi connectivity index (χ3n) is 10.1. The van der Waals surface area contributed by atoms with Crippen LogP contribution in [0.1, 0.15) is 41.6 Å². The standard InChI is InChI=1S/C46H41BN5.Pt/c1-32-27-33(2)43(34(3)28-32)47(40-23-16-26-42(30-40)52-31-51(35(4)49-52)41-24-13-8-14-25-41)39-22-15-21-38(29-39)46-48-44(36-17-9-6-10-18-36)45(50(46)5)37-19-11-7-12-20-37;/h6-17,19-28,31,36H,18H2,1-5H3;/q-3;/t36-;/m1./s1. The number of hydrogen-bond acceptors (Lipinski definition) is 4. The normalized spacial score (nSPS) is 15.0. The second-order valence-corrected chi connectivity index (χ2v) is 13.8. The number of aromatic nitrogens is 2. The van der Waals surface area contributed by atoms with Crippen molar-refractivity contribution in [3.8, 4) is 22.6 Å². The van der Waals surface area contributed by atoms with Gasteiger partial charge < -0.3 is 14.5 Å². The van der Waals surface area contributed by atoms with Gasteiger partial charge in [-0.15, -0.1) is 42.6 Å². The molecule has 7 heteroatoms. The first kappa shape index (κ1) is 36.2. The van der Waals surface area contributed by atoms with E-state index in [4.69, 9.17) is 10.1 Å². The van der Waals surface area contributed by atoms with E-state index < -0.39 is 0 Å². The van der Waals surface area contributed by atoms with E-state index in [1.807, 2.05) is 36.8 Å². The van der Waals surface area contributed by atoms with Crippen molar-refractivity contribution in [3.63, 3.8) is 0 Å². The van der Waals surface area contributed by atoms with Crippen LogP contribution in [-0.4, -0.2) is 22.1 Å². The molecule has 6 aromatic rings. The first-order chi connectivity index (χ1) is 25.4. The molecule has 0 saturated heterocycles. The molecular formula is C46H41BN5Pt-3. The fourth-order valence-electron chi connectivity index (χ4n) is 7.81. The maximum atomic E-state index is 5.39. The Kier molecular flexibility index (Phi) is 10.5. The first-order valence-corrected chi connectivity index (χ1v) is 18.0. The quantitative estimate of drug-likeness (QED) is 0.115. The molecule has 1 aliphatic carbocycles. The largest absolute Gasteiger partial charge is 0.460 e. The summed E-state index contributed by atoms with van der Waals surface area (Å²) in [7, 11) is 2.13. The van der Waals surface area contributed by atoms with Crippen LogP contribution >= 0.6 is 0 Å². The maximum absolute atomic E-state index is 5.39. The summed E-state index contributed by atoms with van der Waals surface area (Å²) in [5.74, 6) is 2.01. The molecular weight excluding hydrogens is 828 g/mol. The number of para-hydroxylation sites is 1. The number of hydrazone groups is 1. The van der Waals surface area contributed by atoms with Crippen molar-refractivity contribution < 1.29 is 21.1 Å². The van der Waals surface area contributed by atoms with Crippen LogP contribution in [0, 0.1) is 39.6 Å². The molecule has 53 heavy (non-hydrogen) atoms. The minimum Gasteiger partial charge on any atom is -0.460 e. The molecule has 266 valence electrons. The van der Waals surface area contributed by atoms with Gasteiger partial charge >= 0.3 is 0 Å². The van der Waals surface area contributed by atoms with Crippen LogP contribution in [0.3, 0.4) is 0 Å². The number of aryl methyl sites for hydroxylation is 3. The Morgan fingerprint density at radius 2 is 1.45 bits per heavy atom. The molecule has 5 nitrogen and oxygen atoms in total. The topological polar surface area (TPSA) is 36.7 Å². The predicted octanol–water partition coefficient (Wildman–Crippen LogP) is 8.17. The van der Waals surface area contributed by atoms with Crippen molar-refractivity contribution in [3.05, 3.63) is 175 Å². The molecule has 1 aliphatic heterocycles. The van der Waals surface area contributed by atoms with Gasteiger partial charge in [0, 0.05) is 39.7 Å². The van der Waals surface area contributed by atoms with Crippen LogP contribution in [0.25, 0.3) is 22.6 Å². The first-order valence-electron chi connectivity index (χ1n) is 18.0. The monoisotopic (exact) mass is 869 g/mol. The van der Waals surface area contributed by atoms with Gasteiger partial charge in [-0.05, 0) is 51.8 Å². The van der Waals surface area contributed by atoms with E-state index in [1.165, 1.54) is 22.2 Å². The van der Waals surface area contributed by atoms with E-state index in [0.29, 0.717) is 0 Å². The van der Waals surface area contributed by atoms with Crippen molar-refractivity contribution in [1.29, 1.82) is 0 Å². The van der Waals surface area contributed by atoms with Crippen molar-refractivity contribution in [2.75, 3.05) is 9.91 Å². The van der Waals surface area contributed by atoms with Gasteiger partial charge in [0.15, 0.2) is 6.71 Å². The average molecular weight is 870 g/mol. The molecule has 0 fully saturated rings. The molecule has 1 atom stereocenters. The van der Waals surface area contributed by atoms with Crippen molar-refractivity contribution in [2.45, 2.75) is 40.0 Å². The average Bonchev–Trinajstić information content (AvgIpc) is 3.74. The Morgan fingerprint density at radius 3 is 2.15 bits per heavy atom. The van der Waals surface area contributed by atoms with E-state index in [9.17, 15) is 0 Å². The number of rotatable bonds is 8. The number of allylic oxidation sites excluding steroid dienone is 4. The number of nitrogens with zero attached hydrogens (tertiary/aromatic N) is 5. The Labute approximate surface area is 328 Å². The predicted molar refractivity (Wildman–Crippen MR) is 218 cm³/mol. The molecule has 0 bridgehead atoms. The minimum atomic E-state index is -0.113. The summed E-state index contributed by atoms with van der Waals surface area (Å²) in [4.78, 5) is 7.49. The van der Waals surface area contributed by atoms with E-state index in [1.54, 1.807) is 0 Å². The smallest absolute Gasteiger partial charge is 0.198 e. The summed E-state index contributed by atoms with van der Waals surface area (Å²) in [5.41, 5.74) is 13.5. The zero-order valence-electron chi connectivity index (χ0n) is 30.7. The van der Waals surface area contributed by atoms with Crippen LogP contribution < -0.4 is 26.3 Å². The number of hydrogen-bond donors (Lipinski definition) is 0. The van der Waals surface area contributed by atoms with Gasteiger partial charge in [-0.1, -0.05) is 113 Å².